The zero-order valence-corrected chi connectivity index (χ0v) is 16.1. The summed E-state index contributed by atoms with van der Waals surface area (Å²) in [4.78, 5) is 8.39. The Balaban J connectivity index is 1.78. The van der Waals surface area contributed by atoms with Gasteiger partial charge in [0.15, 0.2) is 5.60 Å². The van der Waals surface area contributed by atoms with Gasteiger partial charge in [-0.1, -0.05) is 0 Å². The Hall–Kier alpha value is -3.17. The third-order valence-electron chi connectivity index (χ3n) is 4.48. The van der Waals surface area contributed by atoms with Gasteiger partial charge < -0.3 is 9.84 Å². The lowest BCUT2D eigenvalue weighted by Gasteiger charge is -2.26. The second kappa shape index (κ2) is 7.69. The van der Waals surface area contributed by atoms with Gasteiger partial charge in [0, 0.05) is 22.6 Å². The first-order valence-corrected chi connectivity index (χ1v) is 9.48. The van der Waals surface area contributed by atoms with Crippen molar-refractivity contribution in [1.82, 2.24) is 19.7 Å². The van der Waals surface area contributed by atoms with Gasteiger partial charge in [-0.3, -0.25) is 0 Å². The van der Waals surface area contributed by atoms with Gasteiger partial charge in [-0.15, -0.1) is 11.3 Å². The second-order valence-electron chi connectivity index (χ2n) is 6.34. The van der Waals surface area contributed by atoms with E-state index in [0.29, 0.717) is 11.4 Å². The quantitative estimate of drug-likeness (QED) is 0.522. The molecule has 1 atom stereocenters. The number of rotatable bonds is 6. The molecule has 0 amide bonds. The van der Waals surface area contributed by atoms with E-state index in [4.69, 9.17) is 4.74 Å². The van der Waals surface area contributed by atoms with Crippen LogP contribution in [0.25, 0.3) is 11.3 Å². The molecule has 0 fully saturated rings. The lowest BCUT2D eigenvalue weighted by Crippen LogP contribution is -2.34. The third-order valence-corrected chi connectivity index (χ3v) is 5.47. The lowest BCUT2D eigenvalue weighted by molar-refractivity contribution is 0.0533. The molecule has 4 rings (SSSR count). The van der Waals surface area contributed by atoms with Crippen molar-refractivity contribution < 1.29 is 18.6 Å². The predicted molar refractivity (Wildman–Crippen MR) is 103 cm³/mol. The summed E-state index contributed by atoms with van der Waals surface area (Å²) in [6.07, 6.45) is 2.72. The minimum atomic E-state index is -1.86. The Kier molecular flexibility index (Phi) is 5.08. The van der Waals surface area contributed by atoms with Gasteiger partial charge in [0.05, 0.1) is 19.3 Å². The Morgan fingerprint density at radius 2 is 1.97 bits per heavy atom. The van der Waals surface area contributed by atoms with Crippen molar-refractivity contribution in [2.45, 2.75) is 12.1 Å². The van der Waals surface area contributed by atoms with E-state index in [-0.39, 0.29) is 17.1 Å². The molecule has 0 aliphatic carbocycles. The topological polar surface area (TPSA) is 73.1 Å². The first-order valence-electron chi connectivity index (χ1n) is 8.60. The zero-order valence-electron chi connectivity index (χ0n) is 15.3. The predicted octanol–water partition coefficient (Wildman–Crippen LogP) is 3.62. The summed E-state index contributed by atoms with van der Waals surface area (Å²) in [7, 11) is 1.58. The number of hydrogen-bond donors (Lipinski definition) is 1. The zero-order chi connectivity index (χ0) is 20.4. The molecular formula is C20H16F2N4O2S. The largest absolute Gasteiger partial charge is 0.497 e. The maximum atomic E-state index is 14.6. The molecule has 2 aromatic carbocycles. The summed E-state index contributed by atoms with van der Waals surface area (Å²) < 4.78 is 34.6. The summed E-state index contributed by atoms with van der Waals surface area (Å²) in [5, 5.41) is 17.5. The highest BCUT2D eigenvalue weighted by Gasteiger charge is 2.38. The number of aliphatic hydroxyl groups is 1. The fourth-order valence-electron chi connectivity index (χ4n) is 3.00. The van der Waals surface area contributed by atoms with Crippen molar-refractivity contribution >= 4 is 11.3 Å². The molecule has 6 nitrogen and oxygen atoms in total. The smallest absolute Gasteiger partial charge is 0.163 e. The SMILES string of the molecule is COc1ccc(-c2csc(C(O)(Cn3cncn3)c3ccc(F)cc3F)n2)cc1. The van der Waals surface area contributed by atoms with Crippen LogP contribution in [0.5, 0.6) is 5.75 Å². The van der Waals surface area contributed by atoms with Gasteiger partial charge in [0.1, 0.15) is 35.0 Å². The fraction of sp³-hybridized carbons (Fsp3) is 0.150. The average molecular weight is 414 g/mol. The standard InChI is InChI=1S/C20H16F2N4O2S/c1-28-15-5-2-13(3-6-15)18-9-29-19(25-18)20(27,10-26-12-23-11-24-26)16-7-4-14(21)8-17(16)22/h2-9,11-12,27H,10H2,1H3. The number of aromatic nitrogens is 4. The minimum absolute atomic E-state index is 0.0926. The van der Waals surface area contributed by atoms with Crippen LogP contribution in [0, 0.1) is 11.6 Å². The van der Waals surface area contributed by atoms with Gasteiger partial charge in [-0.25, -0.2) is 23.4 Å². The molecule has 2 aromatic heterocycles. The Morgan fingerprint density at radius 1 is 1.17 bits per heavy atom. The molecular weight excluding hydrogens is 398 g/mol. The van der Waals surface area contributed by atoms with Gasteiger partial charge in [-0.05, 0) is 36.4 Å². The molecule has 0 spiro atoms. The molecule has 0 aliphatic heterocycles. The Bertz CT molecular complexity index is 1120. The van der Waals surface area contributed by atoms with Gasteiger partial charge >= 0.3 is 0 Å². The van der Waals surface area contributed by atoms with Gasteiger partial charge in [0.2, 0.25) is 0 Å². The number of halogens is 2. The maximum absolute atomic E-state index is 14.6. The van der Waals surface area contributed by atoms with Crippen molar-refractivity contribution in [3.63, 3.8) is 0 Å². The van der Waals surface area contributed by atoms with Crippen LogP contribution in [0.3, 0.4) is 0 Å². The van der Waals surface area contributed by atoms with E-state index in [1.165, 1.54) is 34.7 Å². The van der Waals surface area contributed by atoms with E-state index >= 15 is 0 Å². The molecule has 148 valence electrons. The van der Waals surface area contributed by atoms with Crippen molar-refractivity contribution in [3.8, 4) is 17.0 Å². The number of thiazole rings is 1. The third kappa shape index (κ3) is 3.74. The lowest BCUT2D eigenvalue weighted by atomic mass is 9.93. The van der Waals surface area contributed by atoms with Crippen LogP contribution < -0.4 is 4.74 Å². The van der Waals surface area contributed by atoms with Crippen LogP contribution in [0.15, 0.2) is 60.5 Å². The van der Waals surface area contributed by atoms with E-state index in [1.54, 1.807) is 24.6 Å². The van der Waals surface area contributed by atoms with Crippen molar-refractivity contribution in [2.24, 2.45) is 0 Å². The molecule has 9 heteroatoms. The van der Waals surface area contributed by atoms with E-state index in [2.05, 4.69) is 15.1 Å². The first-order chi connectivity index (χ1) is 14.0. The normalized spacial score (nSPS) is 13.2. The minimum Gasteiger partial charge on any atom is -0.497 e. The fourth-order valence-corrected chi connectivity index (χ4v) is 3.93. The summed E-state index contributed by atoms with van der Waals surface area (Å²) >= 11 is 1.18. The van der Waals surface area contributed by atoms with E-state index < -0.39 is 17.2 Å². The molecule has 4 aromatic rings. The molecule has 2 heterocycles. The van der Waals surface area contributed by atoms with Crippen LogP contribution >= 0.6 is 11.3 Å². The molecule has 1 unspecified atom stereocenters. The first kappa shape index (κ1) is 19.2. The van der Waals surface area contributed by atoms with Crippen LogP contribution in [-0.2, 0) is 12.1 Å². The number of nitrogens with zero attached hydrogens (tertiary/aromatic N) is 4. The van der Waals surface area contributed by atoms with Gasteiger partial charge in [-0.2, -0.15) is 5.10 Å². The average Bonchev–Trinajstić information content (AvgIpc) is 3.40. The molecule has 0 aliphatic rings. The maximum Gasteiger partial charge on any atom is 0.163 e. The summed E-state index contributed by atoms with van der Waals surface area (Å²) in [6.45, 7) is -0.134. The van der Waals surface area contributed by atoms with Crippen LogP contribution in [0.2, 0.25) is 0 Å². The van der Waals surface area contributed by atoms with Gasteiger partial charge in [0.25, 0.3) is 0 Å². The number of benzene rings is 2. The van der Waals surface area contributed by atoms with Crippen molar-refractivity contribution in [1.29, 1.82) is 0 Å². The number of hydrogen-bond acceptors (Lipinski definition) is 6. The Labute approximate surface area is 169 Å². The molecule has 0 radical (unpaired) electrons. The number of ether oxygens (including phenoxy) is 1. The van der Waals surface area contributed by atoms with Crippen molar-refractivity contribution in [2.75, 3.05) is 7.11 Å². The molecule has 29 heavy (non-hydrogen) atoms. The van der Waals surface area contributed by atoms with E-state index in [1.807, 2.05) is 12.1 Å². The molecule has 0 bridgehead atoms. The van der Waals surface area contributed by atoms with Crippen molar-refractivity contribution in [3.05, 3.63) is 82.7 Å². The number of methoxy groups -OCH3 is 1. The van der Waals surface area contributed by atoms with Crippen LogP contribution in [0.4, 0.5) is 8.78 Å². The summed E-state index contributed by atoms with van der Waals surface area (Å²) in [6, 6.07) is 10.3. The Morgan fingerprint density at radius 3 is 2.62 bits per heavy atom. The summed E-state index contributed by atoms with van der Waals surface area (Å²) in [5.41, 5.74) is -0.519. The summed E-state index contributed by atoms with van der Waals surface area (Å²) in [5.74, 6) is -0.887. The van der Waals surface area contributed by atoms with E-state index in [9.17, 15) is 13.9 Å². The molecule has 0 saturated heterocycles. The highest BCUT2D eigenvalue weighted by atomic mass is 32.1. The molecule has 0 saturated carbocycles. The second-order valence-corrected chi connectivity index (χ2v) is 7.20. The molecule has 1 N–H and O–H groups in total. The van der Waals surface area contributed by atoms with E-state index in [0.717, 1.165) is 17.7 Å². The highest BCUT2D eigenvalue weighted by Crippen LogP contribution is 2.37. The monoisotopic (exact) mass is 414 g/mol. The van der Waals surface area contributed by atoms with Crippen LogP contribution in [0.1, 0.15) is 10.6 Å². The van der Waals surface area contributed by atoms with Crippen LogP contribution in [-0.4, -0.2) is 32.0 Å². The highest BCUT2D eigenvalue weighted by molar-refractivity contribution is 7.10.